The van der Waals surface area contributed by atoms with E-state index < -0.39 is 5.82 Å². The summed E-state index contributed by atoms with van der Waals surface area (Å²) in [5.74, 6) is -0.105. The summed E-state index contributed by atoms with van der Waals surface area (Å²) in [7, 11) is 0. The molecule has 5 nitrogen and oxygen atoms in total. The van der Waals surface area contributed by atoms with Gasteiger partial charge in [-0.2, -0.15) is 0 Å². The zero-order valence-electron chi connectivity index (χ0n) is 22.0. The van der Waals surface area contributed by atoms with Crippen molar-refractivity contribution in [2.75, 3.05) is 11.4 Å². The van der Waals surface area contributed by atoms with Gasteiger partial charge in [0.2, 0.25) is 0 Å². The van der Waals surface area contributed by atoms with Crippen LogP contribution in [0, 0.1) is 17.6 Å². The molecule has 1 aliphatic heterocycles. The molecule has 0 spiro atoms. The van der Waals surface area contributed by atoms with Crippen LogP contribution in [0.15, 0.2) is 61.1 Å². The summed E-state index contributed by atoms with van der Waals surface area (Å²) in [6.45, 7) is 2.83. The Morgan fingerprint density at radius 2 is 1.95 bits per heavy atom. The van der Waals surface area contributed by atoms with Crippen molar-refractivity contribution in [3.8, 4) is 0 Å². The van der Waals surface area contributed by atoms with Crippen molar-refractivity contribution in [1.82, 2.24) is 9.97 Å². The Morgan fingerprint density at radius 3 is 2.79 bits per heavy atom. The number of ketones is 1. The van der Waals surface area contributed by atoms with E-state index in [0.29, 0.717) is 34.9 Å². The molecule has 2 aromatic carbocycles. The fourth-order valence-electron chi connectivity index (χ4n) is 6.57. The number of aryl methyl sites for hydroxylation is 1. The molecule has 6 rings (SSSR count). The van der Waals surface area contributed by atoms with Gasteiger partial charge in [-0.15, -0.1) is 0 Å². The van der Waals surface area contributed by atoms with E-state index in [1.54, 1.807) is 30.7 Å². The van der Waals surface area contributed by atoms with Gasteiger partial charge in [0.1, 0.15) is 11.6 Å². The molecular weight excluding hydrogens is 494 g/mol. The van der Waals surface area contributed by atoms with Gasteiger partial charge in [-0.3, -0.25) is 14.8 Å². The fourth-order valence-corrected chi connectivity index (χ4v) is 6.57. The topological polar surface area (TPSA) is 72.1 Å². The maximum Gasteiger partial charge on any atom is 0.169 e. The van der Waals surface area contributed by atoms with E-state index in [1.807, 2.05) is 17.0 Å². The number of carbonyl (C=O) groups excluding carboxylic acids is 1. The van der Waals surface area contributed by atoms with Gasteiger partial charge >= 0.3 is 0 Å². The number of carbonyl (C=O) groups is 1. The molecular formula is C32H32F2N4O. The smallest absolute Gasteiger partial charge is 0.169 e. The van der Waals surface area contributed by atoms with Crippen LogP contribution >= 0.6 is 0 Å². The van der Waals surface area contributed by atoms with Gasteiger partial charge in [0, 0.05) is 42.4 Å². The Hall–Kier alpha value is -3.71. The van der Waals surface area contributed by atoms with Gasteiger partial charge in [-0.05, 0) is 91.0 Å². The summed E-state index contributed by atoms with van der Waals surface area (Å²) in [5.41, 5.74) is 11.0. The van der Waals surface area contributed by atoms with Crippen molar-refractivity contribution < 1.29 is 13.6 Å². The summed E-state index contributed by atoms with van der Waals surface area (Å²) in [6, 6.07) is 11.7. The largest absolute Gasteiger partial charge is 0.338 e. The third kappa shape index (κ3) is 4.91. The number of rotatable bonds is 5. The van der Waals surface area contributed by atoms with Gasteiger partial charge < -0.3 is 10.6 Å². The number of benzene rings is 2. The summed E-state index contributed by atoms with van der Waals surface area (Å²) in [5, 5.41) is 0.250. The second-order valence-corrected chi connectivity index (χ2v) is 11.1. The van der Waals surface area contributed by atoms with Gasteiger partial charge in [0.25, 0.3) is 0 Å². The van der Waals surface area contributed by atoms with E-state index in [-0.39, 0.29) is 35.4 Å². The molecule has 2 aliphatic rings. The molecule has 2 N–H and O–H groups in total. The highest BCUT2D eigenvalue weighted by molar-refractivity contribution is 6.08. The zero-order chi connectivity index (χ0) is 27.1. The lowest BCUT2D eigenvalue weighted by atomic mass is 9.75. The lowest BCUT2D eigenvalue weighted by Crippen LogP contribution is -2.31. The van der Waals surface area contributed by atoms with Crippen LogP contribution in [0.5, 0.6) is 0 Å². The van der Waals surface area contributed by atoms with E-state index in [9.17, 15) is 9.18 Å². The van der Waals surface area contributed by atoms with E-state index in [1.165, 1.54) is 18.2 Å². The first-order valence-corrected chi connectivity index (χ1v) is 13.7. The summed E-state index contributed by atoms with van der Waals surface area (Å²) in [4.78, 5) is 24.3. The molecule has 0 saturated heterocycles. The molecule has 1 aliphatic carbocycles. The van der Waals surface area contributed by atoms with Gasteiger partial charge in [0.15, 0.2) is 5.78 Å². The summed E-state index contributed by atoms with van der Waals surface area (Å²) in [6.07, 6.45) is 9.87. The minimum atomic E-state index is -0.464. The van der Waals surface area contributed by atoms with E-state index in [2.05, 4.69) is 16.9 Å². The Bertz CT molecular complexity index is 1540. The van der Waals surface area contributed by atoms with E-state index in [0.717, 1.165) is 48.8 Å². The predicted octanol–water partition coefficient (Wildman–Crippen LogP) is 6.65. The van der Waals surface area contributed by atoms with Crippen LogP contribution in [0.1, 0.15) is 65.6 Å². The fraction of sp³-hybridized carbons (Fsp3) is 0.344. The number of fused-ring (bicyclic) bond motifs is 2. The van der Waals surface area contributed by atoms with Crippen molar-refractivity contribution in [3.63, 3.8) is 0 Å². The summed E-state index contributed by atoms with van der Waals surface area (Å²) < 4.78 is 29.9. The molecule has 200 valence electrons. The number of Topliss-reactive ketones (excluding diaryl/α,β-unsaturated/α-hetero) is 1. The van der Waals surface area contributed by atoms with Crippen LogP contribution in [0.25, 0.3) is 10.9 Å². The molecule has 4 aromatic rings. The molecule has 0 amide bonds. The molecule has 39 heavy (non-hydrogen) atoms. The molecule has 1 saturated carbocycles. The molecule has 2 aromatic heterocycles. The Morgan fingerprint density at radius 1 is 1.08 bits per heavy atom. The molecule has 3 atom stereocenters. The number of aromatic nitrogens is 2. The molecule has 0 radical (unpaired) electrons. The molecule has 7 heteroatoms. The zero-order valence-corrected chi connectivity index (χ0v) is 22.0. The average molecular weight is 527 g/mol. The predicted molar refractivity (Wildman–Crippen MR) is 149 cm³/mol. The van der Waals surface area contributed by atoms with Gasteiger partial charge in [-0.1, -0.05) is 19.1 Å². The van der Waals surface area contributed by atoms with Crippen molar-refractivity contribution in [1.29, 1.82) is 0 Å². The maximum atomic E-state index is 15.1. The first-order valence-electron chi connectivity index (χ1n) is 13.7. The standard InChI is InChI=1S/C32H32F2N4O/c1-19-12-21(14-23(35)13-19)25-9-10-36-17-22(25)15-30(39)26-7-8-28(33)27-16-24(18-37-31(26)27)38-11-3-5-20-4-2-6-29(34)32(20)38/h2,4,6-10,16-19,21,23H,3,5,11-15,35H2,1H3/t19-,21+,23-/m0/s1. The Kier molecular flexibility index (Phi) is 6.85. The van der Waals surface area contributed by atoms with Crippen molar-refractivity contribution >= 4 is 28.1 Å². The number of nitrogens with zero attached hydrogens (tertiary/aromatic N) is 3. The van der Waals surface area contributed by atoms with Gasteiger partial charge in [0.05, 0.1) is 23.1 Å². The lowest BCUT2D eigenvalue weighted by Gasteiger charge is -2.32. The maximum absolute atomic E-state index is 15.1. The van der Waals surface area contributed by atoms with E-state index >= 15 is 4.39 Å². The number of para-hydroxylation sites is 1. The second kappa shape index (κ2) is 10.5. The third-order valence-electron chi connectivity index (χ3n) is 8.27. The highest BCUT2D eigenvalue weighted by Gasteiger charge is 2.28. The van der Waals surface area contributed by atoms with Crippen molar-refractivity contribution in [2.24, 2.45) is 11.7 Å². The number of pyridine rings is 2. The third-order valence-corrected chi connectivity index (χ3v) is 8.27. The minimum absolute atomic E-state index is 0.142. The molecule has 0 bridgehead atoms. The normalized spacial score (nSPS) is 21.1. The number of hydrogen-bond donors (Lipinski definition) is 1. The van der Waals surface area contributed by atoms with Crippen molar-refractivity contribution in [3.05, 3.63) is 94.9 Å². The molecule has 1 fully saturated rings. The molecule has 0 unspecified atom stereocenters. The van der Waals surface area contributed by atoms with Crippen LogP contribution in [0.3, 0.4) is 0 Å². The second-order valence-electron chi connectivity index (χ2n) is 11.1. The van der Waals surface area contributed by atoms with Crippen LogP contribution in [0.4, 0.5) is 20.2 Å². The van der Waals surface area contributed by atoms with Gasteiger partial charge in [-0.25, -0.2) is 8.78 Å². The van der Waals surface area contributed by atoms with Crippen LogP contribution < -0.4 is 10.6 Å². The Balaban J connectivity index is 1.33. The number of hydrogen-bond acceptors (Lipinski definition) is 5. The number of nitrogens with two attached hydrogens (primary N) is 1. The minimum Gasteiger partial charge on any atom is -0.338 e. The highest BCUT2D eigenvalue weighted by atomic mass is 19.1. The number of halogens is 2. The molecule has 3 heterocycles. The Labute approximate surface area is 227 Å². The van der Waals surface area contributed by atoms with Crippen LogP contribution in [0.2, 0.25) is 0 Å². The van der Waals surface area contributed by atoms with Crippen LogP contribution in [-0.2, 0) is 12.8 Å². The van der Waals surface area contributed by atoms with Crippen molar-refractivity contribution in [2.45, 2.75) is 57.4 Å². The van der Waals surface area contributed by atoms with E-state index in [4.69, 9.17) is 5.73 Å². The SMILES string of the molecule is C[C@@H]1C[C@H](N)C[C@H](c2ccncc2CC(=O)c2ccc(F)c3cc(N4CCCc5cccc(F)c54)cnc23)C1. The lowest BCUT2D eigenvalue weighted by molar-refractivity contribution is 0.0994. The van der Waals surface area contributed by atoms with Crippen LogP contribution in [-0.4, -0.2) is 28.3 Å². The highest BCUT2D eigenvalue weighted by Crippen LogP contribution is 2.38. The average Bonchev–Trinajstić information content (AvgIpc) is 2.93. The first kappa shape index (κ1) is 25.6. The summed E-state index contributed by atoms with van der Waals surface area (Å²) >= 11 is 0. The number of anilines is 2. The quantitative estimate of drug-likeness (QED) is 0.295. The monoisotopic (exact) mass is 526 g/mol. The first-order chi connectivity index (χ1) is 18.9.